The van der Waals surface area contributed by atoms with Crippen molar-refractivity contribution < 1.29 is 14.5 Å². The number of quaternary nitrogens is 1. The topological polar surface area (TPSA) is 54.7 Å². The molecule has 0 radical (unpaired) electrons. The molecule has 2 amide bonds. The number of imide groups is 1. The van der Waals surface area contributed by atoms with Crippen LogP contribution >= 0.6 is 11.3 Å². The molecule has 4 rings (SSSR count). The monoisotopic (exact) mass is 356 g/mol. The summed E-state index contributed by atoms with van der Waals surface area (Å²) in [5, 5.41) is 1.04. The minimum atomic E-state index is -0.150. The Morgan fingerprint density at radius 2 is 1.84 bits per heavy atom. The molecule has 0 spiro atoms. The van der Waals surface area contributed by atoms with Crippen molar-refractivity contribution in [1.82, 2.24) is 9.88 Å². The lowest BCUT2D eigenvalue weighted by Gasteiger charge is -2.24. The first-order valence-corrected chi connectivity index (χ1v) is 9.56. The van der Waals surface area contributed by atoms with E-state index in [1.165, 1.54) is 9.60 Å². The Bertz CT molecular complexity index is 800. The van der Waals surface area contributed by atoms with Gasteiger partial charge < -0.3 is 4.90 Å². The second-order valence-electron chi connectivity index (χ2n) is 7.01. The third kappa shape index (κ3) is 2.79. The Hall–Kier alpha value is -2.05. The predicted molar refractivity (Wildman–Crippen MR) is 97.0 cm³/mol. The summed E-state index contributed by atoms with van der Waals surface area (Å²) in [5.41, 5.74) is 1.01. The zero-order valence-electron chi connectivity index (χ0n) is 14.4. The number of likely N-dealkylation sites (tertiary alicyclic amines) is 1. The summed E-state index contributed by atoms with van der Waals surface area (Å²) < 4.78 is 1.17. The molecule has 6 heteroatoms. The minimum absolute atomic E-state index is 0.00444. The van der Waals surface area contributed by atoms with E-state index in [0.717, 1.165) is 15.4 Å². The number of fused-ring (bicyclic) bond motifs is 2. The normalized spacial score (nSPS) is 25.4. The summed E-state index contributed by atoms with van der Waals surface area (Å²) in [6, 6.07) is 8.22. The summed E-state index contributed by atoms with van der Waals surface area (Å²) in [6.07, 6.45) is 5.43. The molecule has 25 heavy (non-hydrogen) atoms. The van der Waals surface area contributed by atoms with Gasteiger partial charge in [-0.2, -0.15) is 0 Å². The first-order chi connectivity index (χ1) is 12.1. The molecule has 1 N–H and O–H groups in total. The number of nitrogens with zero attached hydrogens (tertiary/aromatic N) is 2. The van der Waals surface area contributed by atoms with Crippen LogP contribution in [0.3, 0.4) is 0 Å². The number of hydrogen-bond acceptors (Lipinski definition) is 4. The van der Waals surface area contributed by atoms with Crippen LogP contribution in [0.25, 0.3) is 10.2 Å². The van der Waals surface area contributed by atoms with Crippen molar-refractivity contribution in [2.45, 2.75) is 25.8 Å². The largest absolute Gasteiger partial charge is 0.312 e. The molecule has 1 aliphatic heterocycles. The molecule has 130 valence electrons. The molecule has 4 atom stereocenters. The lowest BCUT2D eigenvalue weighted by molar-refractivity contribution is -0.917. The van der Waals surface area contributed by atoms with E-state index in [-0.39, 0.29) is 29.7 Å². The Kier molecular flexibility index (Phi) is 4.17. The summed E-state index contributed by atoms with van der Waals surface area (Å²) in [6.45, 7) is 2.51. The van der Waals surface area contributed by atoms with Crippen molar-refractivity contribution in [3.05, 3.63) is 41.4 Å². The molecule has 0 saturated carbocycles. The van der Waals surface area contributed by atoms with Crippen molar-refractivity contribution in [2.75, 3.05) is 13.7 Å². The van der Waals surface area contributed by atoms with Gasteiger partial charge in [0.1, 0.15) is 6.04 Å². The number of carbonyl (C=O) groups excluding carboxylic acids is 2. The van der Waals surface area contributed by atoms with Gasteiger partial charge in [0, 0.05) is 0 Å². The Morgan fingerprint density at radius 1 is 1.20 bits per heavy atom. The minimum Gasteiger partial charge on any atom is -0.312 e. The smallest absolute Gasteiger partial charge is 0.237 e. The lowest BCUT2D eigenvalue weighted by atomic mass is 9.85. The molecule has 0 bridgehead atoms. The molecule has 1 aromatic heterocycles. The summed E-state index contributed by atoms with van der Waals surface area (Å²) in [7, 11) is 2.03. The van der Waals surface area contributed by atoms with E-state index < -0.39 is 0 Å². The molecule has 1 aliphatic carbocycles. The van der Waals surface area contributed by atoms with Crippen LogP contribution in [-0.2, 0) is 9.59 Å². The molecule has 1 saturated heterocycles. The maximum atomic E-state index is 12.6. The van der Waals surface area contributed by atoms with Gasteiger partial charge in [-0.3, -0.25) is 9.59 Å². The van der Waals surface area contributed by atoms with Crippen LogP contribution in [0.1, 0.15) is 30.8 Å². The van der Waals surface area contributed by atoms with Crippen LogP contribution < -0.4 is 4.90 Å². The molecule has 2 heterocycles. The molecule has 1 aromatic carbocycles. The Morgan fingerprint density at radius 3 is 2.48 bits per heavy atom. The van der Waals surface area contributed by atoms with Gasteiger partial charge in [0.2, 0.25) is 11.8 Å². The highest BCUT2D eigenvalue weighted by Gasteiger charge is 2.48. The number of carbonyl (C=O) groups is 2. The van der Waals surface area contributed by atoms with Crippen molar-refractivity contribution in [3.63, 3.8) is 0 Å². The number of hydrogen-bond donors (Lipinski definition) is 1. The molecule has 2 aromatic rings. The van der Waals surface area contributed by atoms with Crippen molar-refractivity contribution in [3.8, 4) is 0 Å². The number of thiazole rings is 1. The van der Waals surface area contributed by atoms with E-state index in [9.17, 15) is 9.59 Å². The standard InChI is InChI=1S/C19H21N3O2S/c1-12(17-20-15-9-5-6-10-16(15)25-17)21(2)11-22-18(23)13-7-3-4-8-14(13)19(22)24/h3-6,9-10,12-14H,7-8,11H2,1-2H3/p+1/t12-,13-,14+/m1/s1. The summed E-state index contributed by atoms with van der Waals surface area (Å²) in [4.78, 5) is 32.6. The van der Waals surface area contributed by atoms with Crippen LogP contribution in [0.2, 0.25) is 0 Å². The number of benzene rings is 1. The highest BCUT2D eigenvalue weighted by Crippen LogP contribution is 2.34. The molecular weight excluding hydrogens is 334 g/mol. The Labute approximate surface area is 150 Å². The van der Waals surface area contributed by atoms with Crippen LogP contribution in [0.5, 0.6) is 0 Å². The second kappa shape index (κ2) is 6.35. The predicted octanol–water partition coefficient (Wildman–Crippen LogP) is 1.78. The first kappa shape index (κ1) is 16.4. The SMILES string of the molecule is C[C@H](c1nc2ccccc2s1)[NH+](C)CN1C(=O)[C@H]2CC=CC[C@H]2C1=O. The van der Waals surface area contributed by atoms with E-state index in [2.05, 4.69) is 13.0 Å². The molecule has 5 nitrogen and oxygen atoms in total. The lowest BCUT2D eigenvalue weighted by Crippen LogP contribution is -3.10. The maximum Gasteiger partial charge on any atom is 0.237 e. The maximum absolute atomic E-state index is 12.6. The van der Waals surface area contributed by atoms with Gasteiger partial charge in [0.15, 0.2) is 11.7 Å². The van der Waals surface area contributed by atoms with E-state index in [4.69, 9.17) is 4.98 Å². The fourth-order valence-corrected chi connectivity index (χ4v) is 4.81. The Balaban J connectivity index is 1.50. The average molecular weight is 356 g/mol. The third-order valence-corrected chi connectivity index (χ3v) is 6.65. The van der Waals surface area contributed by atoms with E-state index >= 15 is 0 Å². The van der Waals surface area contributed by atoms with Gasteiger partial charge in [0.25, 0.3) is 0 Å². The highest BCUT2D eigenvalue weighted by molar-refractivity contribution is 7.18. The number of allylic oxidation sites excluding steroid dienone is 2. The molecular formula is C19H22N3O2S+. The number of rotatable bonds is 4. The number of para-hydroxylation sites is 1. The fourth-order valence-electron chi connectivity index (χ4n) is 3.70. The molecule has 1 fully saturated rings. The van der Waals surface area contributed by atoms with Crippen molar-refractivity contribution >= 4 is 33.4 Å². The van der Waals surface area contributed by atoms with Gasteiger partial charge >= 0.3 is 0 Å². The average Bonchev–Trinajstić information content (AvgIpc) is 3.17. The second-order valence-corrected chi connectivity index (χ2v) is 8.07. The van der Waals surface area contributed by atoms with Crippen LogP contribution in [0.15, 0.2) is 36.4 Å². The van der Waals surface area contributed by atoms with Gasteiger partial charge in [-0.05, 0) is 31.9 Å². The third-order valence-electron chi connectivity index (χ3n) is 5.43. The highest BCUT2D eigenvalue weighted by atomic mass is 32.1. The van der Waals surface area contributed by atoms with Gasteiger partial charge in [-0.1, -0.05) is 24.3 Å². The van der Waals surface area contributed by atoms with E-state index in [0.29, 0.717) is 19.5 Å². The van der Waals surface area contributed by atoms with Gasteiger partial charge in [0.05, 0.1) is 29.1 Å². The number of nitrogens with one attached hydrogen (secondary N) is 1. The fraction of sp³-hybridized carbons (Fsp3) is 0.421. The van der Waals surface area contributed by atoms with Crippen LogP contribution in [0.4, 0.5) is 0 Å². The van der Waals surface area contributed by atoms with Crippen LogP contribution in [-0.4, -0.2) is 35.4 Å². The molecule has 1 unspecified atom stereocenters. The van der Waals surface area contributed by atoms with E-state index in [1.54, 1.807) is 11.3 Å². The first-order valence-electron chi connectivity index (χ1n) is 8.74. The van der Waals surface area contributed by atoms with Crippen LogP contribution in [0, 0.1) is 11.8 Å². The summed E-state index contributed by atoms with van der Waals surface area (Å²) >= 11 is 1.68. The summed E-state index contributed by atoms with van der Waals surface area (Å²) in [5.74, 6) is -0.309. The van der Waals surface area contributed by atoms with E-state index in [1.807, 2.05) is 37.4 Å². The molecule has 2 aliphatic rings. The zero-order chi connectivity index (χ0) is 17.6. The number of amides is 2. The van der Waals surface area contributed by atoms with Crippen molar-refractivity contribution in [2.24, 2.45) is 11.8 Å². The zero-order valence-corrected chi connectivity index (χ0v) is 15.3. The van der Waals surface area contributed by atoms with Gasteiger partial charge in [-0.25, -0.2) is 9.88 Å². The van der Waals surface area contributed by atoms with Gasteiger partial charge in [-0.15, -0.1) is 11.3 Å². The quantitative estimate of drug-likeness (QED) is 0.671. The van der Waals surface area contributed by atoms with Crippen molar-refractivity contribution in [1.29, 1.82) is 0 Å². The number of aromatic nitrogens is 1.